The van der Waals surface area contributed by atoms with E-state index >= 15 is 0 Å². The maximum absolute atomic E-state index is 12.1. The van der Waals surface area contributed by atoms with E-state index in [1.165, 1.54) is 12.1 Å². The van der Waals surface area contributed by atoms with E-state index in [1.54, 1.807) is 0 Å². The van der Waals surface area contributed by atoms with Gasteiger partial charge in [0.2, 0.25) is 5.91 Å². The number of carbonyl (C=O) groups is 1. The molecule has 1 aliphatic heterocycles. The Hall–Kier alpha value is -0.560. The zero-order valence-electron chi connectivity index (χ0n) is 11.1. The number of carbonyl (C=O) groups excluding carboxylic acids is 1. The molecule has 21 heavy (non-hydrogen) atoms. The molecule has 1 amide bonds. The number of aliphatic hydroxyl groups is 1. The van der Waals surface area contributed by atoms with Crippen LogP contribution in [0.15, 0.2) is 12.1 Å². The van der Waals surface area contributed by atoms with Crippen LogP contribution in [0.4, 0.5) is 5.69 Å². The number of aliphatic hydroxyl groups excluding tert-OH is 1. The van der Waals surface area contributed by atoms with Crippen LogP contribution in [0.3, 0.4) is 0 Å². The van der Waals surface area contributed by atoms with Crippen LogP contribution in [0.1, 0.15) is 0 Å². The second kappa shape index (κ2) is 7.63. The Morgan fingerprint density at radius 1 is 1.38 bits per heavy atom. The molecule has 0 bridgehead atoms. The molecule has 0 saturated carbocycles. The molecule has 2 N–H and O–H groups in total. The van der Waals surface area contributed by atoms with Gasteiger partial charge in [-0.15, -0.1) is 0 Å². The first-order valence-corrected chi connectivity index (χ1v) is 7.51. The van der Waals surface area contributed by atoms with Gasteiger partial charge >= 0.3 is 0 Å². The lowest BCUT2D eigenvalue weighted by Gasteiger charge is -2.33. The molecule has 5 nitrogen and oxygen atoms in total. The molecule has 1 unspecified atom stereocenters. The highest BCUT2D eigenvalue weighted by Gasteiger charge is 2.24. The number of morpholine rings is 1. The van der Waals surface area contributed by atoms with Gasteiger partial charge in [-0.25, -0.2) is 0 Å². The van der Waals surface area contributed by atoms with Crippen LogP contribution in [0.5, 0.6) is 0 Å². The first-order chi connectivity index (χ1) is 10.0. The monoisotopic (exact) mass is 352 g/mol. The highest BCUT2D eigenvalue weighted by molar-refractivity contribution is 6.42. The van der Waals surface area contributed by atoms with Crippen LogP contribution < -0.4 is 5.32 Å². The first kappa shape index (κ1) is 16.8. The van der Waals surface area contributed by atoms with E-state index in [1.807, 2.05) is 4.90 Å². The third-order valence-electron chi connectivity index (χ3n) is 3.18. The van der Waals surface area contributed by atoms with Gasteiger partial charge in [0.05, 0.1) is 48.1 Å². The lowest BCUT2D eigenvalue weighted by atomic mass is 10.2. The van der Waals surface area contributed by atoms with Gasteiger partial charge in [-0.05, 0) is 12.1 Å². The van der Waals surface area contributed by atoms with E-state index in [2.05, 4.69) is 5.32 Å². The molecule has 0 radical (unpaired) electrons. The number of benzene rings is 1. The minimum atomic E-state index is -0.263. The van der Waals surface area contributed by atoms with Crippen molar-refractivity contribution >= 4 is 46.4 Å². The number of nitrogens with zero attached hydrogens (tertiary/aromatic N) is 1. The lowest BCUT2D eigenvalue weighted by Crippen LogP contribution is -2.50. The molecule has 1 saturated heterocycles. The molecular formula is C13H15Cl3N2O3. The van der Waals surface area contributed by atoms with Crippen molar-refractivity contribution in [1.29, 1.82) is 0 Å². The van der Waals surface area contributed by atoms with Crippen molar-refractivity contribution in [3.63, 3.8) is 0 Å². The largest absolute Gasteiger partial charge is 0.395 e. The van der Waals surface area contributed by atoms with E-state index in [4.69, 9.17) is 39.5 Å². The van der Waals surface area contributed by atoms with E-state index in [-0.39, 0.29) is 35.1 Å². The number of hydrogen-bond acceptors (Lipinski definition) is 4. The summed E-state index contributed by atoms with van der Waals surface area (Å²) in [6.45, 7) is 1.60. The first-order valence-electron chi connectivity index (χ1n) is 6.38. The molecule has 0 spiro atoms. The van der Waals surface area contributed by atoms with E-state index < -0.39 is 0 Å². The third kappa shape index (κ3) is 4.45. The SMILES string of the molecule is O=C(CN1CCOCC1CO)Nc1c(Cl)cc(Cl)cc1Cl. The summed E-state index contributed by atoms with van der Waals surface area (Å²) in [6.07, 6.45) is 0. The summed E-state index contributed by atoms with van der Waals surface area (Å²) in [5.41, 5.74) is 0.335. The Labute approximate surface area is 137 Å². The average molecular weight is 354 g/mol. The second-order valence-electron chi connectivity index (χ2n) is 4.67. The number of amides is 1. The molecule has 0 aliphatic carbocycles. The van der Waals surface area contributed by atoms with Crippen LogP contribution in [-0.2, 0) is 9.53 Å². The van der Waals surface area contributed by atoms with Gasteiger partial charge < -0.3 is 15.2 Å². The maximum Gasteiger partial charge on any atom is 0.238 e. The van der Waals surface area contributed by atoms with Crippen LogP contribution in [0.25, 0.3) is 0 Å². The lowest BCUT2D eigenvalue weighted by molar-refractivity contribution is -0.120. The molecule has 1 aliphatic rings. The minimum Gasteiger partial charge on any atom is -0.395 e. The number of halogens is 3. The Morgan fingerprint density at radius 2 is 2.05 bits per heavy atom. The van der Waals surface area contributed by atoms with Gasteiger partial charge in [-0.3, -0.25) is 9.69 Å². The quantitative estimate of drug-likeness (QED) is 0.872. The Kier molecular flexibility index (Phi) is 6.10. The normalized spacial score (nSPS) is 19.5. The molecule has 1 fully saturated rings. The van der Waals surface area contributed by atoms with E-state index in [0.29, 0.717) is 30.5 Å². The maximum atomic E-state index is 12.1. The summed E-state index contributed by atoms with van der Waals surface area (Å²) in [5.74, 6) is -0.263. The summed E-state index contributed by atoms with van der Waals surface area (Å²) in [6, 6.07) is 2.84. The third-order valence-corrected chi connectivity index (χ3v) is 3.99. The van der Waals surface area contributed by atoms with Crippen molar-refractivity contribution in [3.05, 3.63) is 27.2 Å². The molecule has 1 aromatic carbocycles. The highest BCUT2D eigenvalue weighted by Crippen LogP contribution is 2.33. The predicted molar refractivity (Wildman–Crippen MR) is 83.4 cm³/mol. The Morgan fingerprint density at radius 3 is 2.67 bits per heavy atom. The van der Waals surface area contributed by atoms with Crippen molar-refractivity contribution < 1.29 is 14.6 Å². The number of nitrogens with one attached hydrogen (secondary N) is 1. The molecule has 116 valence electrons. The standard InChI is InChI=1S/C13H15Cl3N2O3/c14-8-3-10(15)13(11(16)4-8)17-12(20)5-18-1-2-21-7-9(18)6-19/h3-4,9,19H,1-2,5-7H2,(H,17,20). The van der Waals surface area contributed by atoms with Crippen molar-refractivity contribution in [3.8, 4) is 0 Å². The van der Waals surface area contributed by atoms with Crippen LogP contribution in [0, 0.1) is 0 Å². The fourth-order valence-electron chi connectivity index (χ4n) is 2.09. The fourth-order valence-corrected chi connectivity index (χ4v) is 3.00. The molecule has 2 rings (SSSR count). The zero-order chi connectivity index (χ0) is 15.4. The van der Waals surface area contributed by atoms with Crippen molar-refractivity contribution in [2.45, 2.75) is 6.04 Å². The molecule has 8 heteroatoms. The number of rotatable bonds is 4. The van der Waals surface area contributed by atoms with Gasteiger partial charge in [-0.2, -0.15) is 0 Å². The molecule has 1 atom stereocenters. The number of hydrogen-bond donors (Lipinski definition) is 2. The Bertz CT molecular complexity index is 504. The van der Waals surface area contributed by atoms with E-state index in [0.717, 1.165) is 0 Å². The van der Waals surface area contributed by atoms with Crippen molar-refractivity contribution in [2.75, 3.05) is 38.2 Å². The zero-order valence-corrected chi connectivity index (χ0v) is 13.4. The molecule has 0 aromatic heterocycles. The van der Waals surface area contributed by atoms with Crippen LogP contribution >= 0.6 is 34.8 Å². The summed E-state index contributed by atoms with van der Waals surface area (Å²) >= 11 is 17.9. The van der Waals surface area contributed by atoms with Gasteiger partial charge in [0.1, 0.15) is 0 Å². The summed E-state index contributed by atoms with van der Waals surface area (Å²) in [7, 11) is 0. The minimum absolute atomic E-state index is 0.0598. The van der Waals surface area contributed by atoms with E-state index in [9.17, 15) is 9.90 Å². The van der Waals surface area contributed by atoms with Crippen molar-refractivity contribution in [1.82, 2.24) is 4.90 Å². The van der Waals surface area contributed by atoms with Crippen molar-refractivity contribution in [2.24, 2.45) is 0 Å². The summed E-state index contributed by atoms with van der Waals surface area (Å²) in [5, 5.41) is 12.9. The average Bonchev–Trinajstić information content (AvgIpc) is 2.43. The summed E-state index contributed by atoms with van der Waals surface area (Å²) in [4.78, 5) is 14.0. The molecule has 1 aromatic rings. The summed E-state index contributed by atoms with van der Waals surface area (Å²) < 4.78 is 5.26. The van der Waals surface area contributed by atoms with Gasteiger partial charge in [-0.1, -0.05) is 34.8 Å². The van der Waals surface area contributed by atoms with Crippen LogP contribution in [-0.4, -0.2) is 54.9 Å². The van der Waals surface area contributed by atoms with Gasteiger partial charge in [0.15, 0.2) is 0 Å². The number of anilines is 1. The predicted octanol–water partition coefficient (Wildman–Crippen LogP) is 2.28. The molecular weight excluding hydrogens is 339 g/mol. The van der Waals surface area contributed by atoms with Gasteiger partial charge in [0.25, 0.3) is 0 Å². The smallest absolute Gasteiger partial charge is 0.238 e. The topological polar surface area (TPSA) is 61.8 Å². The molecule has 1 heterocycles. The highest BCUT2D eigenvalue weighted by atomic mass is 35.5. The fraction of sp³-hybridized carbons (Fsp3) is 0.462. The van der Waals surface area contributed by atoms with Crippen LogP contribution in [0.2, 0.25) is 15.1 Å². The van der Waals surface area contributed by atoms with Gasteiger partial charge in [0, 0.05) is 11.6 Å². The number of ether oxygens (including phenoxy) is 1. The second-order valence-corrected chi connectivity index (χ2v) is 5.93. The Balaban J connectivity index is 2.01.